The minimum absolute atomic E-state index is 0.0860. The van der Waals surface area contributed by atoms with Gasteiger partial charge in [-0.1, -0.05) is 72.2 Å². The van der Waals surface area contributed by atoms with Crippen molar-refractivity contribution in [2.24, 2.45) is 5.10 Å². The zero-order chi connectivity index (χ0) is 25.9. The first-order chi connectivity index (χ1) is 17.9. The van der Waals surface area contributed by atoms with E-state index in [0.29, 0.717) is 23.3 Å². The van der Waals surface area contributed by atoms with Crippen molar-refractivity contribution in [1.82, 2.24) is 9.66 Å². The van der Waals surface area contributed by atoms with Gasteiger partial charge in [-0.3, -0.25) is 4.79 Å². The lowest BCUT2D eigenvalue weighted by Gasteiger charge is -2.14. The van der Waals surface area contributed by atoms with Crippen LogP contribution in [0.2, 0.25) is 0 Å². The molecule has 5 nitrogen and oxygen atoms in total. The van der Waals surface area contributed by atoms with Crippen LogP contribution in [-0.2, 0) is 6.61 Å². The minimum Gasteiger partial charge on any atom is -0.488 e. The summed E-state index contributed by atoms with van der Waals surface area (Å²) < 4.78 is 9.40. The van der Waals surface area contributed by atoms with Crippen molar-refractivity contribution in [1.29, 1.82) is 0 Å². The molecule has 0 radical (unpaired) electrons. The summed E-state index contributed by atoms with van der Waals surface area (Å²) >= 11 is 5.73. The number of fused-ring (bicyclic) bond motifs is 2. The van der Waals surface area contributed by atoms with Gasteiger partial charge in [0.05, 0.1) is 20.7 Å². The summed E-state index contributed by atoms with van der Waals surface area (Å²) in [5.74, 6) is 1.55. The van der Waals surface area contributed by atoms with Crippen LogP contribution in [0.15, 0.2) is 93.2 Å². The van der Waals surface area contributed by atoms with Gasteiger partial charge in [-0.05, 0) is 87.3 Å². The summed E-state index contributed by atoms with van der Waals surface area (Å²) in [7, 11) is 0. The van der Waals surface area contributed by atoms with Gasteiger partial charge in [0.15, 0.2) is 0 Å². The molecule has 0 aliphatic heterocycles. The van der Waals surface area contributed by atoms with Crippen LogP contribution in [0.5, 0.6) is 5.75 Å². The van der Waals surface area contributed by atoms with Gasteiger partial charge in [0.1, 0.15) is 18.2 Å². The van der Waals surface area contributed by atoms with Gasteiger partial charge in [-0.25, -0.2) is 4.98 Å². The third kappa shape index (κ3) is 5.48. The molecular formula is C30H25BrIN3O2. The Hall–Kier alpha value is -3.04. The highest BCUT2D eigenvalue weighted by molar-refractivity contribution is 14.1. The van der Waals surface area contributed by atoms with E-state index in [1.807, 2.05) is 42.5 Å². The molecule has 37 heavy (non-hydrogen) atoms. The van der Waals surface area contributed by atoms with E-state index in [0.717, 1.165) is 31.3 Å². The maximum atomic E-state index is 13.3. The van der Waals surface area contributed by atoms with E-state index in [-0.39, 0.29) is 11.5 Å². The second kappa shape index (κ2) is 11.1. The molecule has 0 aliphatic rings. The number of nitrogens with zero attached hydrogens (tertiary/aromatic N) is 3. The average Bonchev–Trinajstić information content (AvgIpc) is 2.91. The molecule has 0 amide bonds. The van der Waals surface area contributed by atoms with E-state index in [1.165, 1.54) is 15.4 Å². The van der Waals surface area contributed by atoms with Crippen LogP contribution in [0.3, 0.4) is 0 Å². The third-order valence-corrected chi connectivity index (χ3v) is 7.76. The number of hydrogen-bond donors (Lipinski definition) is 0. The molecule has 0 bridgehead atoms. The van der Waals surface area contributed by atoms with Crippen LogP contribution in [0.4, 0.5) is 0 Å². The molecule has 0 saturated carbocycles. The fourth-order valence-corrected chi connectivity index (χ4v) is 5.25. The highest BCUT2D eigenvalue weighted by Crippen LogP contribution is 2.25. The molecule has 4 aromatic carbocycles. The second-order valence-corrected chi connectivity index (χ2v) is 11.0. The molecule has 0 fully saturated rings. The highest BCUT2D eigenvalue weighted by atomic mass is 127. The monoisotopic (exact) mass is 665 g/mol. The number of aromatic nitrogens is 2. The summed E-state index contributed by atoms with van der Waals surface area (Å²) in [5.41, 5.74) is 2.52. The van der Waals surface area contributed by atoms with E-state index in [9.17, 15) is 4.79 Å². The summed E-state index contributed by atoms with van der Waals surface area (Å²) in [6.07, 6.45) is 2.56. The molecule has 0 N–H and O–H groups in total. The standard InChI is InChI=1S/C30H25BrIN3O2/c1-3-19(2)29-34-27-13-12-23(31)16-25(27)30(36)35(29)33-17-20-11-14-28(26(32)15-20)37-18-22-9-6-8-21-7-4-5-10-24(21)22/h4-17,19H,3,18H2,1-2H3/t19-/m0/s1. The number of rotatable bonds is 7. The Labute approximate surface area is 237 Å². The Kier molecular flexibility index (Phi) is 7.71. The van der Waals surface area contributed by atoms with E-state index in [2.05, 4.69) is 87.8 Å². The molecule has 0 saturated heterocycles. The quantitative estimate of drug-likeness (QED) is 0.131. The number of ether oxygens (including phenoxy) is 1. The second-order valence-electron chi connectivity index (χ2n) is 8.92. The number of halogens is 2. The molecular weight excluding hydrogens is 641 g/mol. The Bertz CT molecular complexity index is 1690. The van der Waals surface area contributed by atoms with Crippen LogP contribution in [0.25, 0.3) is 21.7 Å². The van der Waals surface area contributed by atoms with Crippen molar-refractivity contribution < 1.29 is 4.74 Å². The zero-order valence-electron chi connectivity index (χ0n) is 20.5. The van der Waals surface area contributed by atoms with Gasteiger partial charge in [-0.15, -0.1) is 0 Å². The molecule has 5 aromatic rings. The van der Waals surface area contributed by atoms with Crippen LogP contribution in [-0.4, -0.2) is 15.9 Å². The lowest BCUT2D eigenvalue weighted by molar-refractivity contribution is 0.305. The summed E-state index contributed by atoms with van der Waals surface area (Å²) in [6.45, 7) is 4.62. The van der Waals surface area contributed by atoms with Crippen LogP contribution < -0.4 is 10.3 Å². The number of benzene rings is 4. The van der Waals surface area contributed by atoms with E-state index in [4.69, 9.17) is 9.72 Å². The molecule has 0 unspecified atom stereocenters. The SMILES string of the molecule is CC[C@H](C)c1nc2ccc(Br)cc2c(=O)n1N=Cc1ccc(OCc2cccc3ccccc23)c(I)c1. The van der Waals surface area contributed by atoms with Crippen LogP contribution in [0, 0.1) is 3.57 Å². The fraction of sp³-hybridized carbons (Fsp3) is 0.167. The Morgan fingerprint density at radius 1 is 1.05 bits per heavy atom. The molecule has 0 aliphatic carbocycles. The predicted molar refractivity (Wildman–Crippen MR) is 163 cm³/mol. The lowest BCUT2D eigenvalue weighted by atomic mass is 10.1. The average molecular weight is 666 g/mol. The Balaban J connectivity index is 1.42. The van der Waals surface area contributed by atoms with Crippen LogP contribution >= 0.6 is 38.5 Å². The zero-order valence-corrected chi connectivity index (χ0v) is 24.2. The normalized spacial score (nSPS) is 12.4. The van der Waals surface area contributed by atoms with Crippen molar-refractivity contribution in [3.8, 4) is 5.75 Å². The van der Waals surface area contributed by atoms with E-state index < -0.39 is 0 Å². The fourth-order valence-electron chi connectivity index (χ4n) is 4.19. The third-order valence-electron chi connectivity index (χ3n) is 6.43. The molecule has 5 rings (SSSR count). The molecule has 1 heterocycles. The van der Waals surface area contributed by atoms with Crippen molar-refractivity contribution in [3.05, 3.63) is 114 Å². The Morgan fingerprint density at radius 3 is 2.68 bits per heavy atom. The maximum Gasteiger partial charge on any atom is 0.282 e. The van der Waals surface area contributed by atoms with E-state index in [1.54, 1.807) is 12.3 Å². The summed E-state index contributed by atoms with van der Waals surface area (Å²) in [4.78, 5) is 18.1. The molecule has 7 heteroatoms. The lowest BCUT2D eigenvalue weighted by Crippen LogP contribution is -2.23. The first kappa shape index (κ1) is 25.6. The molecule has 1 aromatic heterocycles. The van der Waals surface area contributed by atoms with Gasteiger partial charge in [0, 0.05) is 10.4 Å². The topological polar surface area (TPSA) is 56.5 Å². The van der Waals surface area contributed by atoms with E-state index >= 15 is 0 Å². The largest absolute Gasteiger partial charge is 0.488 e. The van der Waals surface area contributed by atoms with Gasteiger partial charge in [-0.2, -0.15) is 9.78 Å². The maximum absolute atomic E-state index is 13.3. The molecule has 186 valence electrons. The predicted octanol–water partition coefficient (Wildman–Crippen LogP) is 7.89. The Morgan fingerprint density at radius 2 is 1.86 bits per heavy atom. The summed E-state index contributed by atoms with van der Waals surface area (Å²) in [6, 6.07) is 26.0. The highest BCUT2D eigenvalue weighted by Gasteiger charge is 2.15. The first-order valence-corrected chi connectivity index (χ1v) is 14.0. The van der Waals surface area contributed by atoms with Gasteiger partial charge in [0.25, 0.3) is 5.56 Å². The number of hydrogen-bond acceptors (Lipinski definition) is 4. The first-order valence-electron chi connectivity index (χ1n) is 12.1. The molecule has 1 atom stereocenters. The van der Waals surface area contributed by atoms with Crippen molar-refractivity contribution >= 4 is 66.4 Å². The summed E-state index contributed by atoms with van der Waals surface area (Å²) in [5, 5.41) is 7.51. The molecule has 0 spiro atoms. The minimum atomic E-state index is -0.178. The smallest absolute Gasteiger partial charge is 0.282 e. The van der Waals surface area contributed by atoms with Crippen LogP contribution in [0.1, 0.15) is 43.1 Å². The van der Waals surface area contributed by atoms with Crippen molar-refractivity contribution in [3.63, 3.8) is 0 Å². The van der Waals surface area contributed by atoms with Gasteiger partial charge in [0.2, 0.25) is 0 Å². The van der Waals surface area contributed by atoms with Gasteiger partial charge < -0.3 is 4.74 Å². The van der Waals surface area contributed by atoms with Crippen molar-refractivity contribution in [2.75, 3.05) is 0 Å². The van der Waals surface area contributed by atoms with Crippen molar-refractivity contribution in [2.45, 2.75) is 32.8 Å². The van der Waals surface area contributed by atoms with Gasteiger partial charge >= 0.3 is 0 Å².